The number of anilines is 1. The minimum atomic E-state index is -0.263. The van der Waals surface area contributed by atoms with Crippen molar-refractivity contribution in [2.24, 2.45) is 4.99 Å². The molecule has 1 aromatic heterocycles. The zero-order valence-corrected chi connectivity index (χ0v) is 16.2. The molecular weight excluding hydrogens is 419 g/mol. The van der Waals surface area contributed by atoms with E-state index in [0.29, 0.717) is 6.54 Å². The van der Waals surface area contributed by atoms with E-state index >= 15 is 0 Å². The first-order valence-corrected chi connectivity index (χ1v) is 7.61. The molecule has 130 valence electrons. The Hall–Kier alpha value is -2.03. The zero-order chi connectivity index (χ0) is 16.5. The average molecular weight is 442 g/mol. The van der Waals surface area contributed by atoms with E-state index in [1.165, 1.54) is 6.26 Å². The Morgan fingerprint density at radius 2 is 2.04 bits per heavy atom. The number of amides is 1. The standard InChI is InChI=1S/C17H22N4O2.HI/c1-3-9-19-17(18-2)20-12-13-6-4-7-14(11-13)21-16(22)15-8-5-10-23-15;/h4-8,10-11H,3,9,12H2,1-2H3,(H,21,22)(H2,18,19,20);1H. The van der Waals surface area contributed by atoms with Gasteiger partial charge >= 0.3 is 0 Å². The second-order valence-corrected chi connectivity index (χ2v) is 4.98. The largest absolute Gasteiger partial charge is 0.459 e. The highest BCUT2D eigenvalue weighted by Crippen LogP contribution is 2.12. The van der Waals surface area contributed by atoms with E-state index in [2.05, 4.69) is 27.9 Å². The summed E-state index contributed by atoms with van der Waals surface area (Å²) in [6, 6.07) is 11.0. The average Bonchev–Trinajstić information content (AvgIpc) is 3.10. The molecule has 24 heavy (non-hydrogen) atoms. The number of halogens is 1. The van der Waals surface area contributed by atoms with Crippen LogP contribution < -0.4 is 16.0 Å². The number of benzene rings is 1. The Morgan fingerprint density at radius 1 is 1.21 bits per heavy atom. The smallest absolute Gasteiger partial charge is 0.291 e. The number of carbonyl (C=O) groups is 1. The van der Waals surface area contributed by atoms with Crippen molar-refractivity contribution in [3.8, 4) is 0 Å². The van der Waals surface area contributed by atoms with Crippen LogP contribution in [-0.4, -0.2) is 25.5 Å². The van der Waals surface area contributed by atoms with Gasteiger partial charge in [0.2, 0.25) is 0 Å². The van der Waals surface area contributed by atoms with Crippen LogP contribution in [-0.2, 0) is 6.54 Å². The van der Waals surface area contributed by atoms with Gasteiger partial charge in [0.15, 0.2) is 11.7 Å². The number of carbonyl (C=O) groups excluding carboxylic acids is 1. The maximum atomic E-state index is 12.0. The quantitative estimate of drug-likeness (QED) is 0.365. The first kappa shape index (κ1) is 20.0. The van der Waals surface area contributed by atoms with Crippen LogP contribution >= 0.6 is 24.0 Å². The predicted molar refractivity (Wildman–Crippen MR) is 107 cm³/mol. The highest BCUT2D eigenvalue weighted by Gasteiger charge is 2.08. The third-order valence-corrected chi connectivity index (χ3v) is 3.16. The molecule has 0 saturated carbocycles. The van der Waals surface area contributed by atoms with E-state index in [9.17, 15) is 4.79 Å². The van der Waals surface area contributed by atoms with Crippen molar-refractivity contribution in [1.82, 2.24) is 10.6 Å². The lowest BCUT2D eigenvalue weighted by Gasteiger charge is -2.12. The van der Waals surface area contributed by atoms with Crippen molar-refractivity contribution in [3.63, 3.8) is 0 Å². The summed E-state index contributed by atoms with van der Waals surface area (Å²) in [5.41, 5.74) is 1.77. The van der Waals surface area contributed by atoms with Crippen LogP contribution in [0.2, 0.25) is 0 Å². The molecule has 0 aliphatic carbocycles. The molecule has 3 N–H and O–H groups in total. The fraction of sp³-hybridized carbons (Fsp3) is 0.294. The van der Waals surface area contributed by atoms with Crippen LogP contribution in [0, 0.1) is 0 Å². The predicted octanol–water partition coefficient (Wildman–Crippen LogP) is 3.22. The van der Waals surface area contributed by atoms with Gasteiger partial charge < -0.3 is 20.4 Å². The fourth-order valence-corrected chi connectivity index (χ4v) is 2.01. The number of aliphatic imine (C=N–C) groups is 1. The summed E-state index contributed by atoms with van der Waals surface area (Å²) in [5, 5.41) is 9.26. The van der Waals surface area contributed by atoms with E-state index in [4.69, 9.17) is 4.42 Å². The van der Waals surface area contributed by atoms with Gasteiger partial charge in [0.1, 0.15) is 0 Å². The number of nitrogens with zero attached hydrogens (tertiary/aromatic N) is 1. The highest BCUT2D eigenvalue weighted by atomic mass is 127. The molecule has 1 aromatic carbocycles. The Bertz CT molecular complexity index is 656. The van der Waals surface area contributed by atoms with Crippen molar-refractivity contribution < 1.29 is 9.21 Å². The summed E-state index contributed by atoms with van der Waals surface area (Å²) in [6.07, 6.45) is 2.51. The van der Waals surface area contributed by atoms with Gasteiger partial charge in [-0.2, -0.15) is 0 Å². The molecule has 0 atom stereocenters. The van der Waals surface area contributed by atoms with Crippen LogP contribution in [0.4, 0.5) is 5.69 Å². The summed E-state index contributed by atoms with van der Waals surface area (Å²) in [5.74, 6) is 0.787. The first-order valence-electron chi connectivity index (χ1n) is 7.61. The Kier molecular flexibility index (Phi) is 8.92. The normalized spacial score (nSPS) is 10.7. The molecule has 0 radical (unpaired) electrons. The molecule has 0 aliphatic heterocycles. The van der Waals surface area contributed by atoms with E-state index in [1.807, 2.05) is 24.3 Å². The van der Waals surface area contributed by atoms with Crippen molar-refractivity contribution in [2.45, 2.75) is 19.9 Å². The maximum absolute atomic E-state index is 12.0. The lowest BCUT2D eigenvalue weighted by atomic mass is 10.2. The molecular formula is C17H23IN4O2. The highest BCUT2D eigenvalue weighted by molar-refractivity contribution is 14.0. The van der Waals surface area contributed by atoms with Crippen molar-refractivity contribution in [1.29, 1.82) is 0 Å². The monoisotopic (exact) mass is 442 g/mol. The van der Waals surface area contributed by atoms with Crippen molar-refractivity contribution in [2.75, 3.05) is 18.9 Å². The van der Waals surface area contributed by atoms with Crippen LogP contribution in [0.5, 0.6) is 0 Å². The minimum absolute atomic E-state index is 0. The minimum Gasteiger partial charge on any atom is -0.459 e. The molecule has 1 heterocycles. The summed E-state index contributed by atoms with van der Waals surface area (Å²) in [4.78, 5) is 16.1. The second-order valence-electron chi connectivity index (χ2n) is 4.98. The first-order chi connectivity index (χ1) is 11.2. The molecule has 7 heteroatoms. The molecule has 0 bridgehead atoms. The lowest BCUT2D eigenvalue weighted by Crippen LogP contribution is -2.37. The topological polar surface area (TPSA) is 78.7 Å². The Labute approximate surface area is 159 Å². The van der Waals surface area contributed by atoms with Crippen LogP contribution in [0.1, 0.15) is 29.5 Å². The van der Waals surface area contributed by atoms with E-state index in [1.54, 1.807) is 19.2 Å². The number of hydrogen-bond donors (Lipinski definition) is 3. The maximum Gasteiger partial charge on any atom is 0.291 e. The summed E-state index contributed by atoms with van der Waals surface area (Å²) < 4.78 is 5.08. The number of nitrogens with one attached hydrogen (secondary N) is 3. The molecule has 0 unspecified atom stereocenters. The molecule has 0 fully saturated rings. The van der Waals surface area contributed by atoms with Gasteiger partial charge in [0.25, 0.3) is 5.91 Å². The van der Waals surface area contributed by atoms with E-state index < -0.39 is 0 Å². The number of furan rings is 1. The van der Waals surface area contributed by atoms with Crippen molar-refractivity contribution in [3.05, 3.63) is 54.0 Å². The lowest BCUT2D eigenvalue weighted by molar-refractivity contribution is 0.0996. The molecule has 0 spiro atoms. The third kappa shape index (κ3) is 6.23. The van der Waals surface area contributed by atoms with Gasteiger partial charge in [0.05, 0.1) is 6.26 Å². The zero-order valence-electron chi connectivity index (χ0n) is 13.8. The van der Waals surface area contributed by atoms with Crippen LogP contribution in [0.15, 0.2) is 52.1 Å². The Morgan fingerprint density at radius 3 is 2.71 bits per heavy atom. The third-order valence-electron chi connectivity index (χ3n) is 3.16. The second kappa shape index (κ2) is 10.7. The van der Waals surface area contributed by atoms with Crippen molar-refractivity contribution >= 4 is 41.5 Å². The van der Waals surface area contributed by atoms with Crippen LogP contribution in [0.25, 0.3) is 0 Å². The molecule has 6 nitrogen and oxygen atoms in total. The van der Waals surface area contributed by atoms with Gasteiger partial charge in [-0.25, -0.2) is 0 Å². The molecule has 2 rings (SSSR count). The molecule has 0 aliphatic rings. The van der Waals surface area contributed by atoms with Gasteiger partial charge in [-0.05, 0) is 36.2 Å². The van der Waals surface area contributed by atoms with Gasteiger partial charge in [-0.3, -0.25) is 9.79 Å². The molecule has 2 aromatic rings. The summed E-state index contributed by atoms with van der Waals surface area (Å²) >= 11 is 0. The van der Waals surface area contributed by atoms with Crippen LogP contribution in [0.3, 0.4) is 0 Å². The van der Waals surface area contributed by atoms with Gasteiger partial charge in [-0.1, -0.05) is 19.1 Å². The number of rotatable bonds is 6. The summed E-state index contributed by atoms with van der Waals surface area (Å²) in [6.45, 7) is 3.60. The van der Waals surface area contributed by atoms with Gasteiger partial charge in [-0.15, -0.1) is 24.0 Å². The Balaban J connectivity index is 0.00000288. The molecule has 1 amide bonds. The number of hydrogen-bond acceptors (Lipinski definition) is 3. The van der Waals surface area contributed by atoms with Gasteiger partial charge in [0, 0.05) is 25.8 Å². The molecule has 0 saturated heterocycles. The SMILES string of the molecule is CCCNC(=NC)NCc1cccc(NC(=O)c2ccco2)c1.I. The fourth-order valence-electron chi connectivity index (χ4n) is 2.01. The number of guanidine groups is 1. The van der Waals surface area contributed by atoms with E-state index in [0.717, 1.165) is 30.2 Å². The summed E-state index contributed by atoms with van der Waals surface area (Å²) in [7, 11) is 1.74. The van der Waals surface area contributed by atoms with E-state index in [-0.39, 0.29) is 35.6 Å².